The fraction of sp³-hybridized carbons (Fsp3) is 0.481. The zero-order valence-electron chi connectivity index (χ0n) is 21.8. The van der Waals surface area contributed by atoms with Crippen molar-refractivity contribution in [3.8, 4) is 0 Å². The summed E-state index contributed by atoms with van der Waals surface area (Å²) in [5, 5.41) is 0.654. The summed E-state index contributed by atoms with van der Waals surface area (Å²) in [6.07, 6.45) is 3.64. The lowest BCUT2D eigenvalue weighted by molar-refractivity contribution is 0.0985. The van der Waals surface area contributed by atoms with Gasteiger partial charge in [-0.05, 0) is 88.7 Å². The Labute approximate surface area is 218 Å². The van der Waals surface area contributed by atoms with Crippen molar-refractivity contribution in [2.24, 2.45) is 0 Å². The van der Waals surface area contributed by atoms with Crippen LogP contribution in [0.5, 0.6) is 0 Å². The van der Waals surface area contributed by atoms with E-state index in [4.69, 9.17) is 4.98 Å². The molecule has 0 bridgehead atoms. The molecule has 3 aromatic rings. The van der Waals surface area contributed by atoms with Crippen LogP contribution in [0.3, 0.4) is 0 Å². The van der Waals surface area contributed by atoms with Gasteiger partial charge in [-0.15, -0.1) is 0 Å². The van der Waals surface area contributed by atoms with Crippen LogP contribution in [0.15, 0.2) is 41.3 Å². The molecule has 2 heterocycles. The maximum atomic E-state index is 13.7. The van der Waals surface area contributed by atoms with E-state index in [0.717, 1.165) is 41.5 Å². The average Bonchev–Trinajstić information content (AvgIpc) is 3.31. The number of nitrogens with zero attached hydrogens (tertiary/aromatic N) is 4. The molecule has 1 aliphatic heterocycles. The quantitative estimate of drug-likeness (QED) is 0.408. The number of thiazole rings is 1. The van der Waals surface area contributed by atoms with Crippen LogP contribution in [0.4, 0.5) is 5.13 Å². The Morgan fingerprint density at radius 1 is 1.08 bits per heavy atom. The van der Waals surface area contributed by atoms with Crippen LogP contribution in [0, 0.1) is 13.8 Å². The SMILES string of the molecule is CCC1CCCCN1S(=O)(=O)c1ccc(C(=O)N(CCN(C)C)c2nc3c(C)c(C)ccc3s2)cc1. The Balaban J connectivity index is 1.64. The molecule has 1 aliphatic rings. The van der Waals surface area contributed by atoms with Crippen molar-refractivity contribution in [1.82, 2.24) is 14.2 Å². The second-order valence-corrected chi connectivity index (χ2v) is 12.7. The first-order chi connectivity index (χ1) is 17.1. The maximum Gasteiger partial charge on any atom is 0.260 e. The fourth-order valence-corrected chi connectivity index (χ4v) is 7.49. The molecular formula is C27H36N4O3S2. The number of rotatable bonds is 8. The average molecular weight is 529 g/mol. The molecule has 1 saturated heterocycles. The van der Waals surface area contributed by atoms with Crippen molar-refractivity contribution in [3.05, 3.63) is 53.1 Å². The number of anilines is 1. The van der Waals surface area contributed by atoms with Crippen LogP contribution in [-0.2, 0) is 10.0 Å². The number of piperidine rings is 1. The van der Waals surface area contributed by atoms with Gasteiger partial charge in [-0.3, -0.25) is 9.69 Å². The summed E-state index contributed by atoms with van der Waals surface area (Å²) < 4.78 is 29.4. The Morgan fingerprint density at radius 3 is 2.47 bits per heavy atom. The van der Waals surface area contributed by atoms with Crippen molar-refractivity contribution in [1.29, 1.82) is 0 Å². The monoisotopic (exact) mass is 528 g/mol. The van der Waals surface area contributed by atoms with E-state index in [1.165, 1.54) is 16.9 Å². The van der Waals surface area contributed by atoms with E-state index in [1.54, 1.807) is 33.5 Å². The third-order valence-electron chi connectivity index (χ3n) is 7.07. The molecule has 1 aromatic heterocycles. The summed E-state index contributed by atoms with van der Waals surface area (Å²) in [6, 6.07) is 10.6. The molecule has 0 radical (unpaired) electrons. The molecule has 7 nitrogen and oxygen atoms in total. The smallest absolute Gasteiger partial charge is 0.260 e. The number of benzene rings is 2. The number of carbonyl (C=O) groups excluding carboxylic acids is 1. The van der Waals surface area contributed by atoms with Gasteiger partial charge in [0.2, 0.25) is 10.0 Å². The zero-order chi connectivity index (χ0) is 26.0. The van der Waals surface area contributed by atoms with Gasteiger partial charge in [-0.1, -0.05) is 30.7 Å². The van der Waals surface area contributed by atoms with Gasteiger partial charge in [0.05, 0.1) is 15.1 Å². The van der Waals surface area contributed by atoms with Crippen molar-refractivity contribution < 1.29 is 13.2 Å². The molecule has 1 unspecified atom stereocenters. The molecule has 1 atom stereocenters. The Bertz CT molecular complexity index is 1330. The van der Waals surface area contributed by atoms with E-state index >= 15 is 0 Å². The van der Waals surface area contributed by atoms with E-state index < -0.39 is 10.0 Å². The summed E-state index contributed by atoms with van der Waals surface area (Å²) in [6.45, 7) is 7.86. The van der Waals surface area contributed by atoms with Crippen molar-refractivity contribution in [3.63, 3.8) is 0 Å². The molecule has 36 heavy (non-hydrogen) atoms. The Hall–Kier alpha value is -2.33. The number of likely N-dealkylation sites (N-methyl/N-ethyl adjacent to an activating group) is 1. The second kappa shape index (κ2) is 11.0. The van der Waals surface area contributed by atoms with E-state index in [-0.39, 0.29) is 16.8 Å². The number of carbonyl (C=O) groups is 1. The largest absolute Gasteiger partial charge is 0.308 e. The van der Waals surface area contributed by atoms with Crippen LogP contribution in [0.1, 0.15) is 54.1 Å². The molecular weight excluding hydrogens is 492 g/mol. The number of aryl methyl sites for hydroxylation is 2. The lowest BCUT2D eigenvalue weighted by Crippen LogP contribution is -2.43. The molecule has 0 aliphatic carbocycles. The standard InChI is InChI=1S/C27H36N4O3S2/c1-6-22-9-7-8-16-31(22)36(33,34)23-13-11-21(12-14-23)26(32)30(18-17-29(4)5)27-28-25-20(3)19(2)10-15-24(25)35-27/h10-15,22H,6-9,16-18H2,1-5H3. The predicted molar refractivity (Wildman–Crippen MR) is 148 cm³/mol. The van der Waals surface area contributed by atoms with Gasteiger partial charge >= 0.3 is 0 Å². The molecule has 2 aromatic carbocycles. The minimum atomic E-state index is -3.59. The minimum absolute atomic E-state index is 0.0395. The van der Waals surface area contributed by atoms with Gasteiger partial charge in [-0.2, -0.15) is 4.31 Å². The molecule has 1 amide bonds. The van der Waals surface area contributed by atoms with Crippen LogP contribution in [0.25, 0.3) is 10.2 Å². The number of sulfonamides is 1. The van der Waals surface area contributed by atoms with E-state index in [2.05, 4.69) is 26.0 Å². The summed E-state index contributed by atoms with van der Waals surface area (Å²) in [5.41, 5.74) is 3.66. The van der Waals surface area contributed by atoms with Gasteiger partial charge < -0.3 is 4.90 Å². The first-order valence-electron chi connectivity index (χ1n) is 12.6. The van der Waals surface area contributed by atoms with Gasteiger partial charge in [0.25, 0.3) is 5.91 Å². The highest BCUT2D eigenvalue weighted by Crippen LogP contribution is 2.33. The van der Waals surface area contributed by atoms with Gasteiger partial charge in [0.15, 0.2) is 5.13 Å². The highest BCUT2D eigenvalue weighted by molar-refractivity contribution is 7.89. The van der Waals surface area contributed by atoms with Gasteiger partial charge in [0.1, 0.15) is 0 Å². The maximum absolute atomic E-state index is 13.7. The highest BCUT2D eigenvalue weighted by Gasteiger charge is 2.32. The molecule has 1 fully saturated rings. The predicted octanol–water partition coefficient (Wildman–Crippen LogP) is 5.07. The molecule has 4 rings (SSSR count). The molecule has 9 heteroatoms. The van der Waals surface area contributed by atoms with Crippen molar-refractivity contribution >= 4 is 42.6 Å². The minimum Gasteiger partial charge on any atom is -0.308 e. The normalized spacial score (nSPS) is 17.1. The van der Waals surface area contributed by atoms with Crippen LogP contribution in [-0.4, -0.2) is 68.3 Å². The van der Waals surface area contributed by atoms with Crippen LogP contribution >= 0.6 is 11.3 Å². The van der Waals surface area contributed by atoms with Crippen LogP contribution < -0.4 is 4.90 Å². The Morgan fingerprint density at radius 2 is 1.81 bits per heavy atom. The fourth-order valence-electron chi connectivity index (χ4n) is 4.67. The lowest BCUT2D eigenvalue weighted by atomic mass is 10.0. The molecule has 0 spiro atoms. The molecule has 194 valence electrons. The van der Waals surface area contributed by atoms with Crippen molar-refractivity contribution in [2.45, 2.75) is 57.4 Å². The summed E-state index contributed by atoms with van der Waals surface area (Å²) in [5.74, 6) is -0.182. The van der Waals surface area contributed by atoms with Crippen molar-refractivity contribution in [2.75, 3.05) is 38.6 Å². The first kappa shape index (κ1) is 26.7. The first-order valence-corrected chi connectivity index (χ1v) is 14.8. The topological polar surface area (TPSA) is 73.8 Å². The summed E-state index contributed by atoms with van der Waals surface area (Å²) in [7, 11) is 0.347. The van der Waals surface area contributed by atoms with E-state index in [1.807, 2.05) is 25.9 Å². The molecule has 0 saturated carbocycles. The number of aromatic nitrogens is 1. The molecule has 0 N–H and O–H groups in total. The number of fused-ring (bicyclic) bond motifs is 1. The Kier molecular flexibility index (Phi) is 8.14. The van der Waals surface area contributed by atoms with Gasteiger partial charge in [-0.25, -0.2) is 13.4 Å². The number of amides is 1. The summed E-state index contributed by atoms with van der Waals surface area (Å²) >= 11 is 1.50. The lowest BCUT2D eigenvalue weighted by Gasteiger charge is -2.34. The highest BCUT2D eigenvalue weighted by atomic mass is 32.2. The third-order valence-corrected chi connectivity index (χ3v) is 10.1. The van der Waals surface area contributed by atoms with Crippen LogP contribution in [0.2, 0.25) is 0 Å². The third kappa shape index (κ3) is 5.34. The number of hydrogen-bond donors (Lipinski definition) is 0. The van der Waals surface area contributed by atoms with E-state index in [9.17, 15) is 13.2 Å². The number of hydrogen-bond acceptors (Lipinski definition) is 6. The van der Waals surface area contributed by atoms with Gasteiger partial charge in [0, 0.05) is 31.2 Å². The zero-order valence-corrected chi connectivity index (χ0v) is 23.5. The summed E-state index contributed by atoms with van der Waals surface area (Å²) in [4.78, 5) is 22.5. The van der Waals surface area contributed by atoms with E-state index in [0.29, 0.717) is 30.3 Å². The second-order valence-electron chi connectivity index (χ2n) is 9.81.